The highest BCUT2D eigenvalue weighted by molar-refractivity contribution is 6.13. The number of ether oxygens (including phenoxy) is 1. The second-order valence-corrected chi connectivity index (χ2v) is 12.4. The van der Waals surface area contributed by atoms with Gasteiger partial charge in [-0.25, -0.2) is 14.2 Å². The molecule has 1 aliphatic heterocycles. The van der Waals surface area contributed by atoms with Crippen molar-refractivity contribution in [2.75, 3.05) is 23.3 Å². The highest BCUT2D eigenvalue weighted by atomic mass is 19.1. The minimum Gasteiger partial charge on any atom is -0.444 e. The average Bonchev–Trinajstić information content (AvgIpc) is 3.52. The van der Waals surface area contributed by atoms with Gasteiger partial charge in [0.15, 0.2) is 11.5 Å². The van der Waals surface area contributed by atoms with Crippen LogP contribution in [0.15, 0.2) is 36.8 Å². The van der Waals surface area contributed by atoms with Gasteiger partial charge in [0.25, 0.3) is 5.91 Å². The summed E-state index contributed by atoms with van der Waals surface area (Å²) in [5, 5.41) is 8.45. The quantitative estimate of drug-likeness (QED) is 0.314. The molecule has 4 aromatic rings. The Morgan fingerprint density at radius 1 is 1.10 bits per heavy atom. The van der Waals surface area contributed by atoms with Gasteiger partial charge in [-0.15, -0.1) is 0 Å². The Hall–Kier alpha value is -4.15. The molecule has 1 aliphatic carbocycles. The second-order valence-electron chi connectivity index (χ2n) is 12.4. The summed E-state index contributed by atoms with van der Waals surface area (Å²) < 4.78 is 23.8. The number of aromatic nitrogens is 4. The molecule has 1 saturated carbocycles. The lowest BCUT2D eigenvalue weighted by atomic mass is 10.0. The third-order valence-electron chi connectivity index (χ3n) is 7.90. The van der Waals surface area contributed by atoms with E-state index in [2.05, 4.69) is 15.2 Å². The van der Waals surface area contributed by atoms with Crippen LogP contribution in [-0.4, -0.2) is 66.8 Å². The van der Waals surface area contributed by atoms with Gasteiger partial charge >= 0.3 is 6.09 Å². The van der Waals surface area contributed by atoms with Crippen LogP contribution in [0.2, 0.25) is 0 Å². The number of piperidine rings is 1. The molecule has 3 aromatic heterocycles. The molecule has 222 valence electrons. The molecule has 42 heavy (non-hydrogen) atoms. The van der Waals surface area contributed by atoms with E-state index in [-0.39, 0.29) is 29.7 Å². The molecule has 0 radical (unpaired) electrons. The second kappa shape index (κ2) is 10.6. The summed E-state index contributed by atoms with van der Waals surface area (Å²) in [6, 6.07) is 5.45. The number of hydrogen-bond donors (Lipinski definition) is 1. The number of fused-ring (bicyclic) bond motifs is 2. The molecule has 1 aromatic carbocycles. The Kier molecular flexibility index (Phi) is 7.06. The molecule has 2 fully saturated rings. The van der Waals surface area contributed by atoms with Crippen LogP contribution in [0, 0.1) is 12.7 Å². The number of nitrogens with one attached hydrogen (secondary N) is 1. The fourth-order valence-electron chi connectivity index (χ4n) is 5.85. The zero-order valence-electron chi connectivity index (χ0n) is 24.9. The Labute approximate surface area is 244 Å². The molecule has 0 spiro atoms. The van der Waals surface area contributed by atoms with Crippen LogP contribution in [0.5, 0.6) is 0 Å². The Balaban J connectivity index is 1.22. The average molecular weight is 576 g/mol. The number of carbonyl (C=O) groups excluding carboxylic acids is 2. The van der Waals surface area contributed by atoms with Crippen LogP contribution in [-0.2, 0) is 11.3 Å². The third-order valence-corrected chi connectivity index (χ3v) is 7.90. The van der Waals surface area contributed by atoms with E-state index in [1.165, 1.54) is 6.07 Å². The monoisotopic (exact) mass is 575 g/mol. The molecular weight excluding hydrogens is 537 g/mol. The largest absolute Gasteiger partial charge is 0.444 e. The van der Waals surface area contributed by atoms with Crippen LogP contribution in [0.4, 0.5) is 20.6 Å². The van der Waals surface area contributed by atoms with E-state index >= 15 is 0 Å². The molecule has 0 unspecified atom stereocenters. The van der Waals surface area contributed by atoms with Gasteiger partial charge in [-0.3, -0.25) is 9.48 Å². The van der Waals surface area contributed by atoms with E-state index < -0.39 is 11.4 Å². The normalized spacial score (nSPS) is 16.3. The first-order valence-electron chi connectivity index (χ1n) is 14.7. The number of nitrogens with zero attached hydrogens (tertiary/aromatic N) is 6. The number of aryl methyl sites for hydroxylation is 2. The number of benzene rings is 1. The van der Waals surface area contributed by atoms with Gasteiger partial charge in [-0.1, -0.05) is 0 Å². The first-order valence-corrected chi connectivity index (χ1v) is 14.7. The SMILES string of the molecule is CCn1cc2c(N3CCC(N(C(=O)OC(C)(C)C)C4CC4)CC3)ccc(C(=O)Nc3cc(F)c4nc(C)cn4c3)c2n1. The van der Waals surface area contributed by atoms with Gasteiger partial charge in [0.2, 0.25) is 0 Å². The fraction of sp³-hybridized carbons (Fsp3) is 0.484. The first kappa shape index (κ1) is 28.0. The summed E-state index contributed by atoms with van der Waals surface area (Å²) in [5.41, 5.74) is 2.75. The summed E-state index contributed by atoms with van der Waals surface area (Å²) in [5.74, 6) is -0.869. The number of halogens is 1. The van der Waals surface area contributed by atoms with Gasteiger partial charge in [0, 0.05) is 67.4 Å². The third kappa shape index (κ3) is 5.52. The number of carbonyl (C=O) groups is 2. The molecule has 6 rings (SSSR count). The number of imidazole rings is 1. The van der Waals surface area contributed by atoms with Gasteiger partial charge in [-0.05, 0) is 72.4 Å². The molecule has 0 bridgehead atoms. The Morgan fingerprint density at radius 3 is 2.48 bits per heavy atom. The number of anilines is 2. The van der Waals surface area contributed by atoms with Crippen molar-refractivity contribution in [3.05, 3.63) is 53.9 Å². The van der Waals surface area contributed by atoms with E-state index in [0.717, 1.165) is 49.8 Å². The van der Waals surface area contributed by atoms with Crippen molar-refractivity contribution in [2.45, 2.75) is 84.5 Å². The molecule has 11 heteroatoms. The predicted octanol–water partition coefficient (Wildman–Crippen LogP) is 5.77. The predicted molar refractivity (Wildman–Crippen MR) is 160 cm³/mol. The van der Waals surface area contributed by atoms with Crippen molar-refractivity contribution in [2.24, 2.45) is 0 Å². The summed E-state index contributed by atoms with van der Waals surface area (Å²) in [4.78, 5) is 34.9. The maximum Gasteiger partial charge on any atom is 0.410 e. The van der Waals surface area contributed by atoms with Crippen molar-refractivity contribution in [1.82, 2.24) is 24.1 Å². The van der Waals surface area contributed by atoms with Crippen LogP contribution < -0.4 is 10.2 Å². The van der Waals surface area contributed by atoms with Crippen LogP contribution in [0.1, 0.15) is 69.4 Å². The zero-order chi connectivity index (χ0) is 29.8. The van der Waals surface area contributed by atoms with Crippen molar-refractivity contribution >= 4 is 39.9 Å². The van der Waals surface area contributed by atoms with Crippen molar-refractivity contribution in [3.63, 3.8) is 0 Å². The molecule has 2 amide bonds. The lowest BCUT2D eigenvalue weighted by Gasteiger charge is -2.40. The van der Waals surface area contributed by atoms with Crippen molar-refractivity contribution in [3.8, 4) is 0 Å². The molecule has 1 N–H and O–H groups in total. The van der Waals surface area contributed by atoms with Gasteiger partial charge in [0.1, 0.15) is 11.1 Å². The number of rotatable bonds is 6. The molecule has 0 atom stereocenters. The van der Waals surface area contributed by atoms with Gasteiger partial charge in [0.05, 0.1) is 16.9 Å². The van der Waals surface area contributed by atoms with Crippen molar-refractivity contribution < 1.29 is 18.7 Å². The fourth-order valence-corrected chi connectivity index (χ4v) is 5.85. The standard InChI is InChI=1S/C31H38FN7O3/c1-6-38-18-24-26(36-13-11-22(12-14-36)39(21-7-8-21)30(41)42-31(3,4)5)10-9-23(27(24)35-38)29(40)34-20-15-25(32)28-33-19(2)16-37(28)17-20/h9-10,15-18,21-22H,6-8,11-14H2,1-5H3,(H,34,40). The first-order chi connectivity index (χ1) is 20.0. The summed E-state index contributed by atoms with van der Waals surface area (Å²) in [6.45, 7) is 11.7. The zero-order valence-corrected chi connectivity index (χ0v) is 24.9. The number of pyridine rings is 1. The number of hydrogen-bond acceptors (Lipinski definition) is 6. The van der Waals surface area contributed by atoms with Crippen LogP contribution >= 0.6 is 0 Å². The molecule has 1 saturated heterocycles. The summed E-state index contributed by atoms with van der Waals surface area (Å²) in [6.07, 6.45) is 8.86. The van der Waals surface area contributed by atoms with Crippen LogP contribution in [0.3, 0.4) is 0 Å². The maximum atomic E-state index is 14.6. The molecule has 10 nitrogen and oxygen atoms in total. The highest BCUT2D eigenvalue weighted by Crippen LogP contribution is 2.36. The minimum absolute atomic E-state index is 0.138. The van der Waals surface area contributed by atoms with Gasteiger partial charge in [-0.2, -0.15) is 5.10 Å². The molecule has 4 heterocycles. The number of amides is 2. The van der Waals surface area contributed by atoms with Crippen LogP contribution in [0.25, 0.3) is 16.6 Å². The summed E-state index contributed by atoms with van der Waals surface area (Å²) in [7, 11) is 0. The van der Waals surface area contributed by atoms with E-state index in [4.69, 9.17) is 9.84 Å². The molecule has 2 aliphatic rings. The Bertz CT molecular complexity index is 1660. The van der Waals surface area contributed by atoms with Gasteiger partial charge < -0.3 is 24.3 Å². The van der Waals surface area contributed by atoms with E-state index in [9.17, 15) is 14.0 Å². The summed E-state index contributed by atoms with van der Waals surface area (Å²) >= 11 is 0. The maximum absolute atomic E-state index is 14.6. The van der Waals surface area contributed by atoms with E-state index in [1.54, 1.807) is 29.8 Å². The Morgan fingerprint density at radius 2 is 1.81 bits per heavy atom. The molecular formula is C31H38FN7O3. The lowest BCUT2D eigenvalue weighted by Crippen LogP contribution is -2.50. The minimum atomic E-state index is -0.524. The van der Waals surface area contributed by atoms with Crippen molar-refractivity contribution in [1.29, 1.82) is 0 Å². The highest BCUT2D eigenvalue weighted by Gasteiger charge is 2.41. The topological polar surface area (TPSA) is 97.0 Å². The lowest BCUT2D eigenvalue weighted by molar-refractivity contribution is 0.0114. The van der Waals surface area contributed by atoms with E-state index in [1.807, 2.05) is 49.5 Å². The smallest absolute Gasteiger partial charge is 0.410 e. The van der Waals surface area contributed by atoms with E-state index in [0.29, 0.717) is 29.0 Å².